The predicted molar refractivity (Wildman–Crippen MR) is 130 cm³/mol. The van der Waals surface area contributed by atoms with Gasteiger partial charge in [0.2, 0.25) is 11.8 Å². The molecule has 32 heavy (non-hydrogen) atoms. The SMILES string of the molecule is CN1C(=O)CC[C@@]2(C)C1CC[C@H]1[C@@H]3CC[C@H](C(=O)NC(C)(C)CC(C)(C)C)[C@@]3(C)CC[C@@H]12. The van der Waals surface area contributed by atoms with Crippen LogP contribution in [0.1, 0.15) is 106 Å². The Morgan fingerprint density at radius 2 is 1.62 bits per heavy atom. The third kappa shape index (κ3) is 3.92. The van der Waals surface area contributed by atoms with Gasteiger partial charge in [0.05, 0.1) is 0 Å². The van der Waals surface area contributed by atoms with Crippen LogP contribution in [0.5, 0.6) is 0 Å². The Morgan fingerprint density at radius 3 is 2.28 bits per heavy atom. The molecule has 3 aliphatic carbocycles. The van der Waals surface area contributed by atoms with Gasteiger partial charge >= 0.3 is 0 Å². The van der Waals surface area contributed by atoms with Crippen molar-refractivity contribution in [1.82, 2.24) is 10.2 Å². The number of nitrogens with zero attached hydrogens (tertiary/aromatic N) is 1. The van der Waals surface area contributed by atoms with Crippen LogP contribution >= 0.6 is 0 Å². The average molecular weight is 445 g/mol. The number of hydrogen-bond donors (Lipinski definition) is 1. The standard InChI is InChI=1S/C28H48N2O2/c1-25(2,3)17-26(4,5)29-24(32)21-11-10-19-18-9-12-22-28(7,16-14-23(31)30(22)8)20(18)13-15-27(19,21)6/h18-22H,9-17H2,1-8H3,(H,29,32)/t18-,19-,20-,21+,22?,27-,28+/m0/s1. The van der Waals surface area contributed by atoms with Crippen molar-refractivity contribution >= 4 is 11.8 Å². The van der Waals surface area contributed by atoms with Gasteiger partial charge in [-0.1, -0.05) is 34.6 Å². The second kappa shape index (κ2) is 7.73. The molecule has 0 spiro atoms. The monoisotopic (exact) mass is 444 g/mol. The van der Waals surface area contributed by atoms with Crippen molar-refractivity contribution in [3.8, 4) is 0 Å². The van der Waals surface area contributed by atoms with E-state index < -0.39 is 0 Å². The van der Waals surface area contributed by atoms with Crippen molar-refractivity contribution in [2.24, 2.45) is 39.9 Å². The molecular weight excluding hydrogens is 396 g/mol. The second-order valence-corrected chi connectivity index (χ2v) is 14.3. The minimum Gasteiger partial charge on any atom is -0.351 e. The third-order valence-corrected chi connectivity index (χ3v) is 10.3. The Kier molecular flexibility index (Phi) is 5.82. The van der Waals surface area contributed by atoms with E-state index in [4.69, 9.17) is 0 Å². The summed E-state index contributed by atoms with van der Waals surface area (Å²) >= 11 is 0. The van der Waals surface area contributed by atoms with Gasteiger partial charge < -0.3 is 10.2 Å². The molecule has 3 saturated carbocycles. The highest BCUT2D eigenvalue weighted by molar-refractivity contribution is 5.80. The Balaban J connectivity index is 1.51. The maximum atomic E-state index is 13.6. The van der Waals surface area contributed by atoms with Crippen LogP contribution in [0.2, 0.25) is 0 Å². The summed E-state index contributed by atoms with van der Waals surface area (Å²) in [6.07, 6.45) is 9.74. The highest BCUT2D eigenvalue weighted by atomic mass is 16.2. The average Bonchev–Trinajstić information content (AvgIpc) is 3.00. The van der Waals surface area contributed by atoms with Crippen LogP contribution < -0.4 is 5.32 Å². The van der Waals surface area contributed by atoms with Crippen LogP contribution in [0.25, 0.3) is 0 Å². The molecule has 1 saturated heterocycles. The van der Waals surface area contributed by atoms with Gasteiger partial charge in [0.1, 0.15) is 0 Å². The highest BCUT2D eigenvalue weighted by Gasteiger charge is 2.62. The van der Waals surface area contributed by atoms with E-state index in [1.165, 1.54) is 19.3 Å². The molecule has 2 amide bonds. The van der Waals surface area contributed by atoms with Gasteiger partial charge in [-0.05, 0) is 99.2 Å². The van der Waals surface area contributed by atoms with Gasteiger partial charge in [-0.25, -0.2) is 0 Å². The molecule has 1 unspecified atom stereocenters. The summed E-state index contributed by atoms with van der Waals surface area (Å²) in [6, 6.07) is 0.410. The third-order valence-electron chi connectivity index (χ3n) is 10.3. The minimum atomic E-state index is -0.175. The molecule has 0 aromatic carbocycles. The summed E-state index contributed by atoms with van der Waals surface area (Å²) in [5.41, 5.74) is 0.399. The molecule has 1 aliphatic heterocycles. The number of carbonyl (C=O) groups excluding carboxylic acids is 2. The highest BCUT2D eigenvalue weighted by Crippen LogP contribution is 2.66. The summed E-state index contributed by atoms with van der Waals surface area (Å²) in [5.74, 6) is 2.86. The van der Waals surface area contributed by atoms with E-state index in [-0.39, 0.29) is 27.7 Å². The fourth-order valence-electron chi connectivity index (χ4n) is 9.37. The molecular formula is C28H48N2O2. The zero-order valence-electron chi connectivity index (χ0n) is 22.0. The molecule has 4 heteroatoms. The van der Waals surface area contributed by atoms with E-state index in [2.05, 4.69) is 58.7 Å². The first-order valence-corrected chi connectivity index (χ1v) is 13.3. The first kappa shape index (κ1) is 24.1. The fourth-order valence-corrected chi connectivity index (χ4v) is 9.37. The smallest absolute Gasteiger partial charge is 0.224 e. The summed E-state index contributed by atoms with van der Waals surface area (Å²) in [5, 5.41) is 3.47. The predicted octanol–water partition coefficient (Wildman–Crippen LogP) is 5.80. The molecule has 7 atom stereocenters. The van der Waals surface area contributed by atoms with E-state index in [0.717, 1.165) is 38.0 Å². The van der Waals surface area contributed by atoms with E-state index in [9.17, 15) is 9.59 Å². The largest absolute Gasteiger partial charge is 0.351 e. The first-order chi connectivity index (χ1) is 14.7. The van der Waals surface area contributed by atoms with Gasteiger partial charge in [0.25, 0.3) is 0 Å². The zero-order valence-corrected chi connectivity index (χ0v) is 22.0. The molecule has 1 N–H and O–H groups in total. The lowest BCUT2D eigenvalue weighted by atomic mass is 9.47. The van der Waals surface area contributed by atoms with Crippen molar-refractivity contribution in [2.75, 3.05) is 7.05 Å². The van der Waals surface area contributed by atoms with Crippen LogP contribution in [0.3, 0.4) is 0 Å². The maximum absolute atomic E-state index is 13.6. The maximum Gasteiger partial charge on any atom is 0.224 e. The van der Waals surface area contributed by atoms with Crippen molar-refractivity contribution in [2.45, 2.75) is 118 Å². The lowest BCUT2D eigenvalue weighted by Gasteiger charge is -2.61. The second-order valence-electron chi connectivity index (χ2n) is 14.3. The number of carbonyl (C=O) groups is 2. The molecule has 0 bridgehead atoms. The quantitative estimate of drug-likeness (QED) is 0.598. The van der Waals surface area contributed by atoms with E-state index >= 15 is 0 Å². The number of likely N-dealkylation sites (tertiary alicyclic amines) is 1. The Labute approximate surface area is 196 Å². The fraction of sp³-hybridized carbons (Fsp3) is 0.929. The molecule has 4 nitrogen and oxygen atoms in total. The summed E-state index contributed by atoms with van der Waals surface area (Å²) in [7, 11) is 2.03. The van der Waals surface area contributed by atoms with Crippen molar-refractivity contribution in [3.05, 3.63) is 0 Å². The summed E-state index contributed by atoms with van der Waals surface area (Å²) < 4.78 is 0. The first-order valence-electron chi connectivity index (χ1n) is 13.3. The number of piperidine rings is 1. The minimum absolute atomic E-state index is 0.128. The van der Waals surface area contributed by atoms with Crippen LogP contribution in [0, 0.1) is 39.9 Å². The number of nitrogens with one attached hydrogen (secondary N) is 1. The molecule has 0 aromatic rings. The van der Waals surface area contributed by atoms with Crippen molar-refractivity contribution in [1.29, 1.82) is 0 Å². The number of hydrogen-bond acceptors (Lipinski definition) is 2. The van der Waals surface area contributed by atoms with Gasteiger partial charge in [0.15, 0.2) is 0 Å². The number of fused-ring (bicyclic) bond motifs is 5. The molecule has 1 heterocycles. The lowest BCUT2D eigenvalue weighted by molar-refractivity contribution is -0.160. The van der Waals surface area contributed by atoms with Gasteiger partial charge in [-0.15, -0.1) is 0 Å². The normalized spacial score (nSPS) is 42.2. The van der Waals surface area contributed by atoms with Crippen molar-refractivity contribution in [3.63, 3.8) is 0 Å². The van der Waals surface area contributed by atoms with E-state index in [1.807, 2.05) is 7.05 Å². The Morgan fingerprint density at radius 1 is 0.969 bits per heavy atom. The van der Waals surface area contributed by atoms with Crippen molar-refractivity contribution < 1.29 is 9.59 Å². The number of amides is 2. The van der Waals surface area contributed by atoms with Crippen LogP contribution in [0.4, 0.5) is 0 Å². The molecule has 182 valence electrons. The molecule has 4 rings (SSSR count). The van der Waals surface area contributed by atoms with E-state index in [1.54, 1.807) is 0 Å². The van der Waals surface area contributed by atoms with Gasteiger partial charge in [-0.2, -0.15) is 0 Å². The topological polar surface area (TPSA) is 49.4 Å². The molecule has 0 aromatic heterocycles. The van der Waals surface area contributed by atoms with Crippen LogP contribution in [-0.2, 0) is 9.59 Å². The Bertz CT molecular complexity index is 768. The van der Waals surface area contributed by atoms with Crippen LogP contribution in [0.15, 0.2) is 0 Å². The Hall–Kier alpha value is -1.06. The lowest BCUT2D eigenvalue weighted by Crippen LogP contribution is -2.61. The molecule has 0 radical (unpaired) electrons. The molecule has 4 fully saturated rings. The van der Waals surface area contributed by atoms with Gasteiger partial charge in [-0.3, -0.25) is 9.59 Å². The summed E-state index contributed by atoms with van der Waals surface area (Å²) in [6.45, 7) is 16.0. The molecule has 4 aliphatic rings. The summed E-state index contributed by atoms with van der Waals surface area (Å²) in [4.78, 5) is 28.0. The number of rotatable bonds is 3. The van der Waals surface area contributed by atoms with Gasteiger partial charge in [0, 0.05) is 31.0 Å². The van der Waals surface area contributed by atoms with E-state index in [0.29, 0.717) is 36.1 Å². The zero-order chi connectivity index (χ0) is 23.7. The van der Waals surface area contributed by atoms with Crippen LogP contribution in [-0.4, -0.2) is 35.3 Å².